The number of hydrogen-bond acceptors (Lipinski definition) is 5. The van der Waals surface area contributed by atoms with Crippen LogP contribution in [0.15, 0.2) is 42.5 Å². The van der Waals surface area contributed by atoms with Gasteiger partial charge in [0, 0.05) is 12.1 Å². The van der Waals surface area contributed by atoms with E-state index in [1.54, 1.807) is 33.1 Å². The first-order chi connectivity index (χ1) is 12.2. The Kier molecular flexibility index (Phi) is 5.38. The Bertz CT molecular complexity index is 765. The molecule has 0 aromatic heterocycles. The van der Waals surface area contributed by atoms with Crippen molar-refractivity contribution in [3.8, 4) is 17.2 Å². The number of carbonyl (C=O) groups excluding carboxylic acids is 1. The summed E-state index contributed by atoms with van der Waals surface area (Å²) in [5.74, 6) is 2.69. The van der Waals surface area contributed by atoms with E-state index in [4.69, 9.17) is 14.2 Å². The van der Waals surface area contributed by atoms with Crippen molar-refractivity contribution in [2.45, 2.75) is 11.9 Å². The monoisotopic (exact) mass is 359 g/mol. The highest BCUT2D eigenvalue weighted by Gasteiger charge is 2.35. The number of para-hydroxylation sites is 1. The molecule has 5 nitrogen and oxygen atoms in total. The number of carbonyl (C=O) groups is 1. The average molecular weight is 359 g/mol. The van der Waals surface area contributed by atoms with Gasteiger partial charge in [0.05, 0.1) is 27.1 Å². The fraction of sp³-hybridized carbons (Fsp3) is 0.316. The molecule has 0 radical (unpaired) electrons. The van der Waals surface area contributed by atoms with Crippen LogP contribution in [0, 0.1) is 0 Å². The predicted octanol–water partition coefficient (Wildman–Crippen LogP) is 3.49. The molecule has 1 amide bonds. The number of ether oxygens (including phenoxy) is 3. The Hall–Kier alpha value is -2.34. The Morgan fingerprint density at radius 2 is 1.88 bits per heavy atom. The van der Waals surface area contributed by atoms with E-state index in [9.17, 15) is 4.79 Å². The van der Waals surface area contributed by atoms with Gasteiger partial charge in [-0.15, -0.1) is 11.8 Å². The second-order valence-electron chi connectivity index (χ2n) is 5.62. The van der Waals surface area contributed by atoms with Crippen LogP contribution in [-0.4, -0.2) is 37.9 Å². The minimum atomic E-state index is -0.108. The van der Waals surface area contributed by atoms with Gasteiger partial charge in [0.1, 0.15) is 11.1 Å². The van der Waals surface area contributed by atoms with Crippen LogP contribution < -0.4 is 14.2 Å². The van der Waals surface area contributed by atoms with Gasteiger partial charge in [-0.3, -0.25) is 4.79 Å². The van der Waals surface area contributed by atoms with E-state index in [0.717, 1.165) is 16.9 Å². The highest BCUT2D eigenvalue weighted by atomic mass is 32.2. The summed E-state index contributed by atoms with van der Waals surface area (Å²) in [6.45, 7) is 0.522. The number of nitrogens with zero attached hydrogens (tertiary/aromatic N) is 1. The third kappa shape index (κ3) is 3.54. The van der Waals surface area contributed by atoms with Crippen LogP contribution in [0.2, 0.25) is 0 Å². The SMILES string of the molecule is COc1cccc(CN2C(=O)CSC2c2cccc(OC)c2OC)c1. The summed E-state index contributed by atoms with van der Waals surface area (Å²) in [5, 5.41) is -0.108. The van der Waals surface area contributed by atoms with Crippen molar-refractivity contribution < 1.29 is 19.0 Å². The largest absolute Gasteiger partial charge is 0.497 e. The molecule has 1 atom stereocenters. The van der Waals surface area contributed by atoms with E-state index in [1.807, 2.05) is 47.4 Å². The second kappa shape index (κ2) is 7.70. The van der Waals surface area contributed by atoms with Crippen molar-refractivity contribution in [1.82, 2.24) is 4.90 Å². The smallest absolute Gasteiger partial charge is 0.234 e. The van der Waals surface area contributed by atoms with E-state index in [1.165, 1.54) is 0 Å². The zero-order valence-electron chi connectivity index (χ0n) is 14.5. The number of rotatable bonds is 6. The molecule has 132 valence electrons. The molecule has 6 heteroatoms. The molecule has 3 rings (SSSR count). The Balaban J connectivity index is 1.92. The van der Waals surface area contributed by atoms with Gasteiger partial charge in [0.25, 0.3) is 0 Å². The lowest BCUT2D eigenvalue weighted by Crippen LogP contribution is -2.28. The van der Waals surface area contributed by atoms with Crippen LogP contribution in [0.5, 0.6) is 17.2 Å². The number of methoxy groups -OCH3 is 3. The molecule has 0 aliphatic carbocycles. The van der Waals surface area contributed by atoms with Crippen molar-refractivity contribution in [2.75, 3.05) is 27.1 Å². The molecule has 1 fully saturated rings. The molecule has 2 aromatic carbocycles. The van der Waals surface area contributed by atoms with E-state index in [2.05, 4.69) is 0 Å². The third-order valence-corrected chi connectivity index (χ3v) is 5.39. The molecular formula is C19H21NO4S. The van der Waals surface area contributed by atoms with E-state index >= 15 is 0 Å². The molecular weight excluding hydrogens is 338 g/mol. The lowest BCUT2D eigenvalue weighted by Gasteiger charge is -2.26. The lowest BCUT2D eigenvalue weighted by molar-refractivity contribution is -0.128. The third-order valence-electron chi connectivity index (χ3n) is 4.15. The lowest BCUT2D eigenvalue weighted by atomic mass is 10.1. The maximum atomic E-state index is 12.5. The van der Waals surface area contributed by atoms with Crippen LogP contribution in [0.1, 0.15) is 16.5 Å². The summed E-state index contributed by atoms with van der Waals surface area (Å²) in [6, 6.07) is 13.5. The zero-order valence-corrected chi connectivity index (χ0v) is 15.3. The average Bonchev–Trinajstić information content (AvgIpc) is 3.01. The van der Waals surface area contributed by atoms with Gasteiger partial charge in [-0.25, -0.2) is 0 Å². The van der Waals surface area contributed by atoms with Crippen LogP contribution in [0.25, 0.3) is 0 Å². The van der Waals surface area contributed by atoms with Crippen LogP contribution in [0.3, 0.4) is 0 Å². The van der Waals surface area contributed by atoms with Gasteiger partial charge in [-0.1, -0.05) is 24.3 Å². The molecule has 25 heavy (non-hydrogen) atoms. The first-order valence-corrected chi connectivity index (χ1v) is 8.97. The first-order valence-electron chi connectivity index (χ1n) is 7.92. The van der Waals surface area contributed by atoms with Crippen molar-refractivity contribution in [1.29, 1.82) is 0 Å². The first kappa shape index (κ1) is 17.5. The quantitative estimate of drug-likeness (QED) is 0.790. The summed E-state index contributed by atoms with van der Waals surface area (Å²) < 4.78 is 16.2. The summed E-state index contributed by atoms with van der Waals surface area (Å²) >= 11 is 1.60. The molecule has 1 unspecified atom stereocenters. The molecule has 1 heterocycles. The van der Waals surface area contributed by atoms with Crippen LogP contribution in [0.4, 0.5) is 0 Å². The molecule has 1 aliphatic rings. The summed E-state index contributed by atoms with van der Waals surface area (Å²) in [5.41, 5.74) is 1.97. The van der Waals surface area contributed by atoms with Crippen molar-refractivity contribution in [3.63, 3.8) is 0 Å². The molecule has 1 saturated heterocycles. The van der Waals surface area contributed by atoms with Gasteiger partial charge in [-0.2, -0.15) is 0 Å². The van der Waals surface area contributed by atoms with E-state index in [0.29, 0.717) is 23.8 Å². The number of thioether (sulfide) groups is 1. The molecule has 2 aromatic rings. The van der Waals surface area contributed by atoms with Gasteiger partial charge in [-0.05, 0) is 23.8 Å². The Morgan fingerprint density at radius 3 is 2.60 bits per heavy atom. The Morgan fingerprint density at radius 1 is 1.08 bits per heavy atom. The maximum absolute atomic E-state index is 12.5. The molecule has 0 saturated carbocycles. The van der Waals surface area contributed by atoms with Crippen molar-refractivity contribution in [3.05, 3.63) is 53.6 Å². The zero-order chi connectivity index (χ0) is 17.8. The fourth-order valence-corrected chi connectivity index (χ4v) is 4.16. The highest BCUT2D eigenvalue weighted by molar-refractivity contribution is 8.00. The molecule has 1 aliphatic heterocycles. The minimum Gasteiger partial charge on any atom is -0.497 e. The maximum Gasteiger partial charge on any atom is 0.234 e. The van der Waals surface area contributed by atoms with Crippen LogP contribution in [-0.2, 0) is 11.3 Å². The van der Waals surface area contributed by atoms with Crippen LogP contribution >= 0.6 is 11.8 Å². The van der Waals surface area contributed by atoms with Crippen molar-refractivity contribution >= 4 is 17.7 Å². The van der Waals surface area contributed by atoms with Gasteiger partial charge in [0.15, 0.2) is 11.5 Å². The van der Waals surface area contributed by atoms with Gasteiger partial charge >= 0.3 is 0 Å². The van der Waals surface area contributed by atoms with Gasteiger partial charge < -0.3 is 19.1 Å². The summed E-state index contributed by atoms with van der Waals surface area (Å²) in [4.78, 5) is 14.3. The standard InChI is InChI=1S/C19H21NO4S/c1-22-14-7-4-6-13(10-14)11-20-17(21)12-25-19(20)15-8-5-9-16(23-2)18(15)24-3/h4-10,19H,11-12H2,1-3H3. The summed E-state index contributed by atoms with van der Waals surface area (Å²) in [6.07, 6.45) is 0. The summed E-state index contributed by atoms with van der Waals surface area (Å²) in [7, 11) is 4.87. The minimum absolute atomic E-state index is 0.108. The number of hydrogen-bond donors (Lipinski definition) is 0. The normalized spacial score (nSPS) is 16.8. The predicted molar refractivity (Wildman–Crippen MR) is 98.3 cm³/mol. The highest BCUT2D eigenvalue weighted by Crippen LogP contribution is 2.46. The van der Waals surface area contributed by atoms with Gasteiger partial charge in [0.2, 0.25) is 5.91 Å². The molecule has 0 N–H and O–H groups in total. The number of amides is 1. The molecule has 0 bridgehead atoms. The fourth-order valence-electron chi connectivity index (χ4n) is 2.96. The van der Waals surface area contributed by atoms with E-state index < -0.39 is 0 Å². The number of benzene rings is 2. The van der Waals surface area contributed by atoms with Crippen molar-refractivity contribution in [2.24, 2.45) is 0 Å². The second-order valence-corrected chi connectivity index (χ2v) is 6.69. The van der Waals surface area contributed by atoms with E-state index in [-0.39, 0.29) is 11.3 Å². The Labute approximate surface area is 151 Å². The topological polar surface area (TPSA) is 48.0 Å². The molecule has 0 spiro atoms.